The van der Waals surface area contributed by atoms with Crippen LogP contribution in [0.2, 0.25) is 4.34 Å². The molecule has 3 aromatic heterocycles. The number of amides is 2. The number of carbonyl (C=O) groups excluding carboxylic acids is 2. The van der Waals surface area contributed by atoms with Gasteiger partial charge in [-0.25, -0.2) is 4.39 Å². The average molecular weight is 472 g/mol. The van der Waals surface area contributed by atoms with Gasteiger partial charge in [0.15, 0.2) is 5.82 Å². The van der Waals surface area contributed by atoms with Gasteiger partial charge >= 0.3 is 0 Å². The number of halogens is 2. The molecule has 0 bridgehead atoms. The highest BCUT2D eigenvalue weighted by atomic mass is 35.5. The number of hydrogen-bond acceptors (Lipinski definition) is 5. The molecule has 1 aromatic carbocycles. The molecular weight excluding hydrogens is 457 g/mol. The minimum Gasteiger partial charge on any atom is -0.322 e. The van der Waals surface area contributed by atoms with Gasteiger partial charge < -0.3 is 10.6 Å². The summed E-state index contributed by atoms with van der Waals surface area (Å²) in [6.07, 6.45) is 3.04. The molecule has 0 saturated heterocycles. The summed E-state index contributed by atoms with van der Waals surface area (Å²) in [4.78, 5) is 36.7. The maximum Gasteiger partial charge on any atom is 0.266 e. The van der Waals surface area contributed by atoms with Crippen molar-refractivity contribution in [2.45, 2.75) is 6.54 Å². The first-order valence-corrected chi connectivity index (χ1v) is 10.5. The Hall–Kier alpha value is -3.76. The Bertz CT molecular complexity index is 1360. The molecule has 11 heteroatoms. The van der Waals surface area contributed by atoms with Crippen LogP contribution in [0.4, 0.5) is 15.9 Å². The van der Waals surface area contributed by atoms with E-state index in [1.54, 1.807) is 24.3 Å². The number of aromatic nitrogens is 3. The van der Waals surface area contributed by atoms with Crippen molar-refractivity contribution < 1.29 is 14.0 Å². The molecule has 0 unspecified atom stereocenters. The maximum absolute atomic E-state index is 14.5. The largest absolute Gasteiger partial charge is 0.322 e. The first-order chi connectivity index (χ1) is 15.4. The van der Waals surface area contributed by atoms with E-state index in [4.69, 9.17) is 11.6 Å². The summed E-state index contributed by atoms with van der Waals surface area (Å²) < 4.78 is 17.6. The van der Waals surface area contributed by atoms with Crippen LogP contribution in [0.1, 0.15) is 9.67 Å². The summed E-state index contributed by atoms with van der Waals surface area (Å²) in [6.45, 7) is -0.194. The molecule has 0 atom stereocenters. The van der Waals surface area contributed by atoms with Crippen molar-refractivity contribution >= 4 is 46.3 Å². The quantitative estimate of drug-likeness (QED) is 0.447. The highest BCUT2D eigenvalue weighted by Gasteiger charge is 2.13. The van der Waals surface area contributed by atoms with E-state index in [2.05, 4.69) is 15.7 Å². The molecule has 3 heterocycles. The van der Waals surface area contributed by atoms with Gasteiger partial charge in [0.1, 0.15) is 12.4 Å². The van der Waals surface area contributed by atoms with Crippen LogP contribution in [-0.4, -0.2) is 26.2 Å². The van der Waals surface area contributed by atoms with E-state index in [1.165, 1.54) is 45.9 Å². The van der Waals surface area contributed by atoms with E-state index in [0.29, 0.717) is 14.9 Å². The van der Waals surface area contributed by atoms with Crippen LogP contribution in [0.25, 0.3) is 5.69 Å². The van der Waals surface area contributed by atoms with Gasteiger partial charge in [-0.2, -0.15) is 5.10 Å². The molecule has 0 aliphatic rings. The Morgan fingerprint density at radius 3 is 2.62 bits per heavy atom. The average Bonchev–Trinajstić information content (AvgIpc) is 3.38. The Labute approximate surface area is 189 Å². The van der Waals surface area contributed by atoms with E-state index in [1.807, 2.05) is 0 Å². The minimum absolute atomic E-state index is 0.0296. The lowest BCUT2D eigenvalue weighted by atomic mass is 10.2. The molecule has 0 aliphatic carbocycles. The molecule has 162 valence electrons. The number of nitrogens with zero attached hydrogens (tertiary/aromatic N) is 3. The second kappa shape index (κ2) is 9.16. The molecule has 4 rings (SSSR count). The van der Waals surface area contributed by atoms with E-state index >= 15 is 0 Å². The van der Waals surface area contributed by atoms with Crippen LogP contribution in [-0.2, 0) is 11.3 Å². The Kier molecular flexibility index (Phi) is 6.15. The smallest absolute Gasteiger partial charge is 0.266 e. The van der Waals surface area contributed by atoms with Gasteiger partial charge in [-0.1, -0.05) is 17.7 Å². The van der Waals surface area contributed by atoms with Crippen molar-refractivity contribution in [3.63, 3.8) is 0 Å². The normalized spacial score (nSPS) is 10.7. The first kappa shape index (κ1) is 21.5. The fourth-order valence-corrected chi connectivity index (χ4v) is 3.80. The third kappa shape index (κ3) is 4.93. The Morgan fingerprint density at radius 2 is 1.91 bits per heavy atom. The SMILES string of the molecule is O=C(Cn1ccc(NC(=O)c2ccc(Cl)s2)n1)Nc1ccc(-n2ccccc2=O)cc1F. The van der Waals surface area contributed by atoms with E-state index in [-0.39, 0.29) is 29.5 Å². The fourth-order valence-electron chi connectivity index (χ4n) is 2.86. The summed E-state index contributed by atoms with van der Waals surface area (Å²) in [5, 5.41) is 9.19. The molecular formula is C21H15ClFN5O3S. The monoisotopic (exact) mass is 471 g/mol. The highest BCUT2D eigenvalue weighted by Crippen LogP contribution is 2.22. The van der Waals surface area contributed by atoms with E-state index in [9.17, 15) is 18.8 Å². The van der Waals surface area contributed by atoms with E-state index < -0.39 is 11.7 Å². The predicted molar refractivity (Wildman–Crippen MR) is 120 cm³/mol. The van der Waals surface area contributed by atoms with E-state index in [0.717, 1.165) is 17.4 Å². The van der Waals surface area contributed by atoms with Crippen molar-refractivity contribution in [3.05, 3.63) is 92.4 Å². The number of thiophene rings is 1. The molecule has 0 saturated carbocycles. The van der Waals surface area contributed by atoms with Crippen LogP contribution in [0.3, 0.4) is 0 Å². The van der Waals surface area contributed by atoms with Gasteiger partial charge in [0.2, 0.25) is 5.91 Å². The lowest BCUT2D eigenvalue weighted by Gasteiger charge is -2.10. The standard InChI is InChI=1S/C21H15ClFN5O3S/c22-17-7-6-16(32-17)21(31)25-18-8-10-27(26-18)12-19(29)24-15-5-4-13(11-14(15)23)28-9-2-1-3-20(28)30/h1-11H,12H2,(H,24,29)(H,25,26,31). The third-order valence-electron chi connectivity index (χ3n) is 4.31. The Balaban J connectivity index is 1.38. The number of anilines is 2. The van der Waals surface area contributed by atoms with Gasteiger partial charge in [0.05, 0.1) is 20.6 Å². The zero-order valence-corrected chi connectivity index (χ0v) is 17.9. The lowest BCUT2D eigenvalue weighted by Crippen LogP contribution is -2.20. The second-order valence-electron chi connectivity index (χ2n) is 6.58. The highest BCUT2D eigenvalue weighted by molar-refractivity contribution is 7.18. The maximum atomic E-state index is 14.5. The van der Waals surface area contributed by atoms with Gasteiger partial charge in [0, 0.05) is 30.6 Å². The predicted octanol–water partition coefficient (Wildman–Crippen LogP) is 3.78. The second-order valence-corrected chi connectivity index (χ2v) is 8.29. The molecule has 32 heavy (non-hydrogen) atoms. The van der Waals surface area contributed by atoms with Crippen molar-refractivity contribution in [1.82, 2.24) is 14.3 Å². The number of carbonyl (C=O) groups is 2. The molecule has 0 radical (unpaired) electrons. The van der Waals surface area contributed by atoms with Crippen molar-refractivity contribution in [2.75, 3.05) is 10.6 Å². The zero-order valence-electron chi connectivity index (χ0n) is 16.3. The van der Waals surface area contributed by atoms with Crippen LogP contribution in [0, 0.1) is 5.82 Å². The summed E-state index contributed by atoms with van der Waals surface area (Å²) >= 11 is 6.96. The van der Waals surface area contributed by atoms with Crippen LogP contribution < -0.4 is 16.2 Å². The minimum atomic E-state index is -0.686. The van der Waals surface area contributed by atoms with Crippen molar-refractivity contribution in [2.24, 2.45) is 0 Å². The van der Waals surface area contributed by atoms with Gasteiger partial charge in [-0.3, -0.25) is 23.6 Å². The summed E-state index contributed by atoms with van der Waals surface area (Å²) in [5.74, 6) is -1.30. The number of nitrogens with one attached hydrogen (secondary N) is 2. The molecule has 4 aromatic rings. The number of pyridine rings is 1. The summed E-state index contributed by atoms with van der Waals surface area (Å²) in [6, 6.07) is 13.4. The zero-order chi connectivity index (χ0) is 22.7. The molecule has 0 spiro atoms. The molecule has 0 fully saturated rings. The molecule has 0 aliphatic heterocycles. The van der Waals surface area contributed by atoms with Crippen molar-refractivity contribution in [1.29, 1.82) is 0 Å². The number of rotatable bonds is 6. The summed E-state index contributed by atoms with van der Waals surface area (Å²) in [7, 11) is 0. The number of benzene rings is 1. The lowest BCUT2D eigenvalue weighted by molar-refractivity contribution is -0.116. The summed E-state index contributed by atoms with van der Waals surface area (Å²) in [5.41, 5.74) is 0.0102. The molecule has 2 amide bonds. The van der Waals surface area contributed by atoms with Gasteiger partial charge in [0.25, 0.3) is 11.5 Å². The van der Waals surface area contributed by atoms with Crippen LogP contribution in [0.5, 0.6) is 0 Å². The van der Waals surface area contributed by atoms with Crippen molar-refractivity contribution in [3.8, 4) is 5.69 Å². The van der Waals surface area contributed by atoms with Crippen LogP contribution in [0.15, 0.2) is 71.8 Å². The third-order valence-corrected chi connectivity index (χ3v) is 5.54. The topological polar surface area (TPSA) is 98.0 Å². The fraction of sp³-hybridized carbons (Fsp3) is 0.0476. The Morgan fingerprint density at radius 1 is 1.06 bits per heavy atom. The van der Waals surface area contributed by atoms with Gasteiger partial charge in [-0.05, 0) is 30.3 Å². The number of hydrogen-bond donors (Lipinski definition) is 2. The molecule has 8 nitrogen and oxygen atoms in total. The van der Waals surface area contributed by atoms with Gasteiger partial charge in [-0.15, -0.1) is 11.3 Å². The first-order valence-electron chi connectivity index (χ1n) is 9.26. The van der Waals surface area contributed by atoms with Crippen LogP contribution >= 0.6 is 22.9 Å². The molecule has 2 N–H and O–H groups in total.